The molecule has 0 aromatic rings. The van der Waals surface area contributed by atoms with Crippen LogP contribution in [0.2, 0.25) is 0 Å². The molecule has 0 bridgehead atoms. The molecule has 0 fully saturated rings. The molecule has 142 valence electrons. The van der Waals surface area contributed by atoms with E-state index in [2.05, 4.69) is 33.0 Å². The number of aliphatic carboxylic acids is 1. The largest absolute Gasteiger partial charge is 0.480 e. The molecule has 0 radical (unpaired) electrons. The second-order valence-corrected chi connectivity index (χ2v) is 6.79. The number of carbonyl (C=O) groups excluding carboxylic acids is 1. The Kier molecular flexibility index (Phi) is 13.4. The minimum atomic E-state index is -1.00. The van der Waals surface area contributed by atoms with E-state index < -0.39 is 5.97 Å². The van der Waals surface area contributed by atoms with Gasteiger partial charge in [-0.1, -0.05) is 66.2 Å². The molecule has 0 aliphatic heterocycles. The number of hydrogen-bond donors (Lipinski definition) is 2. The van der Waals surface area contributed by atoms with Crippen LogP contribution < -0.4 is 5.32 Å². The number of carboxylic acid groups (broad SMARTS) is 1. The highest BCUT2D eigenvalue weighted by Gasteiger charge is 2.21. The van der Waals surface area contributed by atoms with Gasteiger partial charge >= 0.3 is 12.0 Å². The van der Waals surface area contributed by atoms with Crippen molar-refractivity contribution >= 4 is 12.0 Å². The van der Waals surface area contributed by atoms with Gasteiger partial charge in [0.05, 0.1) is 0 Å². The molecule has 0 aromatic carbocycles. The molecule has 24 heavy (non-hydrogen) atoms. The molecule has 5 heteroatoms. The average Bonchev–Trinajstić information content (AvgIpc) is 2.58. The Morgan fingerprint density at radius 2 is 1.38 bits per heavy atom. The van der Waals surface area contributed by atoms with Crippen LogP contribution in [0.5, 0.6) is 0 Å². The van der Waals surface area contributed by atoms with E-state index in [0.29, 0.717) is 11.8 Å². The highest BCUT2D eigenvalue weighted by molar-refractivity contribution is 5.79. The number of nitrogens with one attached hydrogen (secondary N) is 1. The molecule has 0 spiro atoms. The minimum absolute atomic E-state index is 0.234. The lowest BCUT2D eigenvalue weighted by molar-refractivity contribution is -0.135. The summed E-state index contributed by atoms with van der Waals surface area (Å²) in [4.78, 5) is 25.0. The van der Waals surface area contributed by atoms with E-state index in [1.807, 2.05) is 4.90 Å². The summed E-state index contributed by atoms with van der Waals surface area (Å²) < 4.78 is 0. The quantitative estimate of drug-likeness (QED) is 0.488. The summed E-state index contributed by atoms with van der Waals surface area (Å²) >= 11 is 0. The fraction of sp³-hybridized carbons (Fsp3) is 0.895. The van der Waals surface area contributed by atoms with Crippen LogP contribution >= 0.6 is 0 Å². The summed E-state index contributed by atoms with van der Waals surface area (Å²) in [5.41, 5.74) is 0. The molecule has 2 atom stereocenters. The molecule has 2 N–H and O–H groups in total. The second kappa shape index (κ2) is 14.1. The normalized spacial score (nSPS) is 13.3. The average molecular weight is 343 g/mol. The van der Waals surface area contributed by atoms with Crippen LogP contribution in [0.3, 0.4) is 0 Å². The Morgan fingerprint density at radius 1 is 0.917 bits per heavy atom. The number of hydrogen-bond acceptors (Lipinski definition) is 2. The topological polar surface area (TPSA) is 69.6 Å². The molecule has 0 rings (SSSR count). The fourth-order valence-electron chi connectivity index (χ4n) is 2.96. The van der Waals surface area contributed by atoms with Gasteiger partial charge in [-0.25, -0.2) is 4.79 Å². The van der Waals surface area contributed by atoms with Crippen LogP contribution in [0.25, 0.3) is 0 Å². The molecule has 5 nitrogen and oxygen atoms in total. The third-order valence-electron chi connectivity index (χ3n) is 4.72. The van der Waals surface area contributed by atoms with Crippen molar-refractivity contribution in [2.24, 2.45) is 11.8 Å². The van der Waals surface area contributed by atoms with Crippen LogP contribution in [0.4, 0.5) is 4.79 Å². The van der Waals surface area contributed by atoms with Gasteiger partial charge in [0, 0.05) is 13.1 Å². The number of carboxylic acids is 1. The summed E-state index contributed by atoms with van der Waals surface area (Å²) in [6.07, 6.45) is 9.03. The van der Waals surface area contributed by atoms with E-state index in [-0.39, 0.29) is 12.6 Å². The molecule has 2 unspecified atom stereocenters. The van der Waals surface area contributed by atoms with Crippen LogP contribution in [-0.2, 0) is 4.79 Å². The first-order chi connectivity index (χ1) is 11.5. The van der Waals surface area contributed by atoms with Crippen molar-refractivity contribution in [1.82, 2.24) is 10.2 Å². The Morgan fingerprint density at radius 3 is 1.71 bits per heavy atom. The minimum Gasteiger partial charge on any atom is -0.480 e. The van der Waals surface area contributed by atoms with Crippen molar-refractivity contribution in [3.63, 3.8) is 0 Å². The van der Waals surface area contributed by atoms with Crippen LogP contribution in [0, 0.1) is 11.8 Å². The molecule has 0 aromatic heterocycles. The first-order valence-electron chi connectivity index (χ1n) is 9.72. The summed E-state index contributed by atoms with van der Waals surface area (Å²) in [6.45, 7) is 9.84. The Labute approximate surface area is 148 Å². The van der Waals surface area contributed by atoms with Crippen molar-refractivity contribution in [2.75, 3.05) is 19.6 Å². The van der Waals surface area contributed by atoms with E-state index in [1.54, 1.807) is 0 Å². The molecule has 0 heterocycles. The first-order valence-corrected chi connectivity index (χ1v) is 9.72. The van der Waals surface area contributed by atoms with Gasteiger partial charge < -0.3 is 15.3 Å². The number of carbonyl (C=O) groups is 2. The molecular weight excluding hydrogens is 304 g/mol. The number of amides is 2. The summed E-state index contributed by atoms with van der Waals surface area (Å²) in [5, 5.41) is 11.3. The van der Waals surface area contributed by atoms with E-state index in [9.17, 15) is 9.59 Å². The van der Waals surface area contributed by atoms with Gasteiger partial charge in [0.1, 0.15) is 6.54 Å². The standard InChI is InChI=1S/C19H38N2O3/c1-5-9-11-16(7-3)14-21(19(24)20-13-18(22)23)15-17(8-4)12-10-6-2/h16-17H,5-15H2,1-4H3,(H,20,24)(H,22,23). The summed E-state index contributed by atoms with van der Waals surface area (Å²) in [7, 11) is 0. The monoisotopic (exact) mass is 342 g/mol. The van der Waals surface area contributed by atoms with Gasteiger partial charge in [-0.15, -0.1) is 0 Å². The van der Waals surface area contributed by atoms with Crippen LogP contribution in [-0.4, -0.2) is 41.6 Å². The Bertz CT molecular complexity index is 330. The smallest absolute Gasteiger partial charge is 0.323 e. The van der Waals surface area contributed by atoms with Crippen molar-refractivity contribution in [2.45, 2.75) is 79.1 Å². The van der Waals surface area contributed by atoms with Crippen LogP contribution in [0.15, 0.2) is 0 Å². The van der Waals surface area contributed by atoms with Gasteiger partial charge in [0.15, 0.2) is 0 Å². The molecule has 0 aliphatic rings. The third-order valence-corrected chi connectivity index (χ3v) is 4.72. The summed E-state index contributed by atoms with van der Waals surface area (Å²) in [5.74, 6) is -0.0206. The van der Waals surface area contributed by atoms with Crippen molar-refractivity contribution in [3.05, 3.63) is 0 Å². The zero-order valence-electron chi connectivity index (χ0n) is 16.1. The maximum Gasteiger partial charge on any atom is 0.323 e. The van der Waals surface area contributed by atoms with Crippen molar-refractivity contribution in [3.8, 4) is 0 Å². The zero-order chi connectivity index (χ0) is 18.4. The van der Waals surface area contributed by atoms with E-state index in [0.717, 1.165) is 51.6 Å². The predicted molar refractivity (Wildman–Crippen MR) is 99.2 cm³/mol. The number of nitrogens with zero attached hydrogens (tertiary/aromatic N) is 1. The van der Waals surface area contributed by atoms with Gasteiger partial charge in [-0.05, 0) is 24.7 Å². The maximum absolute atomic E-state index is 12.4. The number of unbranched alkanes of at least 4 members (excludes halogenated alkanes) is 2. The van der Waals surface area contributed by atoms with E-state index in [1.165, 1.54) is 12.8 Å². The first kappa shape index (κ1) is 22.7. The molecule has 0 saturated carbocycles. The van der Waals surface area contributed by atoms with Crippen molar-refractivity contribution < 1.29 is 14.7 Å². The van der Waals surface area contributed by atoms with Crippen LogP contribution in [0.1, 0.15) is 79.1 Å². The number of urea groups is 1. The lowest BCUT2D eigenvalue weighted by Crippen LogP contribution is -2.46. The van der Waals surface area contributed by atoms with E-state index in [4.69, 9.17) is 5.11 Å². The molecular formula is C19H38N2O3. The van der Waals surface area contributed by atoms with Gasteiger partial charge in [0.25, 0.3) is 0 Å². The van der Waals surface area contributed by atoms with Gasteiger partial charge in [-0.3, -0.25) is 4.79 Å². The molecule has 0 aliphatic carbocycles. The lowest BCUT2D eigenvalue weighted by Gasteiger charge is -2.30. The molecule has 0 saturated heterocycles. The lowest BCUT2D eigenvalue weighted by atomic mass is 9.96. The Hall–Kier alpha value is -1.26. The number of rotatable bonds is 14. The maximum atomic E-state index is 12.4. The van der Waals surface area contributed by atoms with E-state index >= 15 is 0 Å². The predicted octanol–water partition coefficient (Wildman–Crippen LogP) is 4.52. The SMILES string of the molecule is CCCCC(CC)CN(CC(CC)CCCC)C(=O)NCC(=O)O. The van der Waals surface area contributed by atoms with Gasteiger partial charge in [-0.2, -0.15) is 0 Å². The summed E-state index contributed by atoms with van der Waals surface area (Å²) in [6, 6.07) is -0.234. The van der Waals surface area contributed by atoms with Gasteiger partial charge in [0.2, 0.25) is 0 Å². The Balaban J connectivity index is 4.83. The fourth-order valence-corrected chi connectivity index (χ4v) is 2.96. The highest BCUT2D eigenvalue weighted by Crippen LogP contribution is 2.19. The zero-order valence-corrected chi connectivity index (χ0v) is 16.1. The second-order valence-electron chi connectivity index (χ2n) is 6.79. The third kappa shape index (κ3) is 10.5. The van der Waals surface area contributed by atoms with Crippen molar-refractivity contribution in [1.29, 1.82) is 0 Å². The molecule has 2 amide bonds. The highest BCUT2D eigenvalue weighted by atomic mass is 16.4.